The number of imidazole rings is 1. The molecular weight excluding hydrogens is 254 g/mol. The molecule has 0 amide bonds. The molecule has 2 N–H and O–H groups in total. The minimum atomic E-state index is 0.250. The van der Waals surface area contributed by atoms with Crippen molar-refractivity contribution in [1.29, 1.82) is 0 Å². The van der Waals surface area contributed by atoms with E-state index >= 15 is 0 Å². The molecule has 0 saturated heterocycles. The van der Waals surface area contributed by atoms with Gasteiger partial charge in [-0.2, -0.15) is 0 Å². The fraction of sp³-hybridized carbons (Fsp3) is 0.533. The van der Waals surface area contributed by atoms with Gasteiger partial charge in [0.05, 0.1) is 25.3 Å². The van der Waals surface area contributed by atoms with Crippen molar-refractivity contribution in [3.8, 4) is 11.5 Å². The van der Waals surface area contributed by atoms with Crippen molar-refractivity contribution in [3.63, 3.8) is 0 Å². The molecule has 0 spiro atoms. The van der Waals surface area contributed by atoms with Crippen molar-refractivity contribution < 1.29 is 9.47 Å². The molecule has 5 heteroatoms. The summed E-state index contributed by atoms with van der Waals surface area (Å²) in [6, 6.07) is 3.79. The smallest absolute Gasteiger partial charge is 0.201 e. The normalized spacial score (nSPS) is 11.8. The summed E-state index contributed by atoms with van der Waals surface area (Å²) in [6.45, 7) is 7.48. The molecule has 5 nitrogen and oxygen atoms in total. The van der Waals surface area contributed by atoms with E-state index in [1.165, 1.54) is 0 Å². The van der Waals surface area contributed by atoms with Crippen molar-refractivity contribution in [2.24, 2.45) is 5.41 Å². The summed E-state index contributed by atoms with van der Waals surface area (Å²) in [7, 11) is 3.24. The lowest BCUT2D eigenvalue weighted by Crippen LogP contribution is -2.12. The highest BCUT2D eigenvalue weighted by Gasteiger charge is 2.16. The first-order valence-corrected chi connectivity index (χ1v) is 6.73. The third kappa shape index (κ3) is 2.81. The van der Waals surface area contributed by atoms with Gasteiger partial charge in [0.2, 0.25) is 5.95 Å². The standard InChI is InChI=1S/C15H23N3O2/c1-15(2,3)6-7-18-11-9-13(20-5)12(19-4)8-10(11)17-14(18)16/h8-9H,6-7H2,1-5H3,(H2,16,17). The van der Waals surface area contributed by atoms with Gasteiger partial charge in [0.1, 0.15) is 0 Å². The molecule has 0 saturated carbocycles. The van der Waals surface area contributed by atoms with Crippen molar-refractivity contribution in [2.75, 3.05) is 20.0 Å². The van der Waals surface area contributed by atoms with Gasteiger partial charge < -0.3 is 19.8 Å². The number of rotatable bonds is 4. The first kappa shape index (κ1) is 14.5. The number of aromatic nitrogens is 2. The van der Waals surface area contributed by atoms with Gasteiger partial charge in [-0.25, -0.2) is 4.98 Å². The summed E-state index contributed by atoms with van der Waals surface area (Å²) in [5.74, 6) is 1.89. The number of anilines is 1. The summed E-state index contributed by atoms with van der Waals surface area (Å²) >= 11 is 0. The molecule has 1 aromatic carbocycles. The van der Waals surface area contributed by atoms with Crippen LogP contribution in [0, 0.1) is 5.41 Å². The van der Waals surface area contributed by atoms with Crippen LogP contribution in [0.25, 0.3) is 11.0 Å². The van der Waals surface area contributed by atoms with Crippen molar-refractivity contribution in [1.82, 2.24) is 9.55 Å². The number of methoxy groups -OCH3 is 2. The zero-order valence-electron chi connectivity index (χ0n) is 12.9. The molecular formula is C15H23N3O2. The van der Waals surface area contributed by atoms with E-state index in [0.29, 0.717) is 17.4 Å². The molecule has 0 aliphatic heterocycles. The van der Waals surface area contributed by atoms with Gasteiger partial charge >= 0.3 is 0 Å². The summed E-state index contributed by atoms with van der Waals surface area (Å²) < 4.78 is 12.7. The number of aryl methyl sites for hydroxylation is 1. The van der Waals surface area contributed by atoms with E-state index in [1.54, 1.807) is 14.2 Å². The van der Waals surface area contributed by atoms with E-state index in [-0.39, 0.29) is 5.41 Å². The molecule has 0 unspecified atom stereocenters. The van der Waals surface area contributed by atoms with Gasteiger partial charge in [0.15, 0.2) is 11.5 Å². The van der Waals surface area contributed by atoms with Crippen molar-refractivity contribution in [3.05, 3.63) is 12.1 Å². The quantitative estimate of drug-likeness (QED) is 0.933. The maximum Gasteiger partial charge on any atom is 0.201 e. The van der Waals surface area contributed by atoms with Gasteiger partial charge in [-0.1, -0.05) is 20.8 Å². The minimum absolute atomic E-state index is 0.250. The van der Waals surface area contributed by atoms with Gasteiger partial charge in [-0.15, -0.1) is 0 Å². The average molecular weight is 277 g/mol. The third-order valence-corrected chi connectivity index (χ3v) is 3.37. The second kappa shape index (κ2) is 5.23. The van der Waals surface area contributed by atoms with Crippen molar-refractivity contribution in [2.45, 2.75) is 33.7 Å². The number of benzene rings is 1. The molecule has 0 aliphatic carbocycles. The van der Waals surface area contributed by atoms with Crippen LogP contribution in [0.2, 0.25) is 0 Å². The van der Waals surface area contributed by atoms with Crippen LogP contribution in [0.5, 0.6) is 11.5 Å². The number of nitrogens with two attached hydrogens (primary N) is 1. The highest BCUT2D eigenvalue weighted by Crippen LogP contribution is 2.33. The molecule has 2 aromatic rings. The number of nitrogen functional groups attached to an aromatic ring is 1. The zero-order valence-corrected chi connectivity index (χ0v) is 12.9. The Kier molecular flexibility index (Phi) is 3.79. The second-order valence-corrected chi connectivity index (χ2v) is 6.13. The molecule has 0 atom stereocenters. The molecule has 20 heavy (non-hydrogen) atoms. The van der Waals surface area contributed by atoms with Crippen LogP contribution < -0.4 is 15.2 Å². The number of nitrogens with zero attached hydrogens (tertiary/aromatic N) is 2. The fourth-order valence-electron chi connectivity index (χ4n) is 2.15. The van der Waals surface area contributed by atoms with Crippen LogP contribution in [0.15, 0.2) is 12.1 Å². The Bertz CT molecular complexity index is 612. The first-order chi connectivity index (χ1) is 9.35. The molecule has 1 heterocycles. The summed E-state index contributed by atoms with van der Waals surface area (Å²) in [5, 5.41) is 0. The molecule has 2 rings (SSSR count). The molecule has 110 valence electrons. The lowest BCUT2D eigenvalue weighted by molar-refractivity contribution is 0.352. The fourth-order valence-corrected chi connectivity index (χ4v) is 2.15. The highest BCUT2D eigenvalue weighted by molar-refractivity contribution is 5.82. The molecule has 0 aliphatic rings. The predicted octanol–water partition coefficient (Wildman–Crippen LogP) is 3.07. The van der Waals surface area contributed by atoms with Crippen LogP contribution in [0.4, 0.5) is 5.95 Å². The van der Waals surface area contributed by atoms with E-state index in [4.69, 9.17) is 15.2 Å². The largest absolute Gasteiger partial charge is 0.493 e. The van der Waals surface area contributed by atoms with E-state index in [1.807, 2.05) is 16.7 Å². The maximum absolute atomic E-state index is 6.04. The van der Waals surface area contributed by atoms with Gasteiger partial charge in [0.25, 0.3) is 0 Å². The van der Waals surface area contributed by atoms with Crippen molar-refractivity contribution >= 4 is 17.0 Å². The monoisotopic (exact) mass is 277 g/mol. The number of fused-ring (bicyclic) bond motifs is 1. The van der Waals surface area contributed by atoms with Gasteiger partial charge in [-0.3, -0.25) is 0 Å². The Labute approximate surface area is 119 Å². The lowest BCUT2D eigenvalue weighted by atomic mass is 9.92. The van der Waals surface area contributed by atoms with Crippen LogP contribution in [-0.4, -0.2) is 23.8 Å². The Morgan fingerprint density at radius 2 is 1.75 bits per heavy atom. The number of hydrogen-bond donors (Lipinski definition) is 1. The SMILES string of the molecule is COc1cc2nc(N)n(CCC(C)(C)C)c2cc1OC. The van der Waals surface area contributed by atoms with Crippen LogP contribution in [-0.2, 0) is 6.54 Å². The topological polar surface area (TPSA) is 62.3 Å². The first-order valence-electron chi connectivity index (χ1n) is 6.73. The second-order valence-electron chi connectivity index (χ2n) is 6.13. The average Bonchev–Trinajstić information content (AvgIpc) is 2.68. The van der Waals surface area contributed by atoms with E-state index in [0.717, 1.165) is 24.0 Å². The Morgan fingerprint density at radius 1 is 1.15 bits per heavy atom. The molecule has 0 bridgehead atoms. The van der Waals surface area contributed by atoms with Gasteiger partial charge in [0, 0.05) is 18.7 Å². The van der Waals surface area contributed by atoms with E-state index in [9.17, 15) is 0 Å². The van der Waals surface area contributed by atoms with Gasteiger partial charge in [-0.05, 0) is 11.8 Å². The van der Waals surface area contributed by atoms with E-state index in [2.05, 4.69) is 25.8 Å². The molecule has 0 radical (unpaired) electrons. The third-order valence-electron chi connectivity index (χ3n) is 3.37. The van der Waals surface area contributed by atoms with Crippen LogP contribution in [0.3, 0.4) is 0 Å². The summed E-state index contributed by atoms with van der Waals surface area (Å²) in [5.41, 5.74) is 8.09. The summed E-state index contributed by atoms with van der Waals surface area (Å²) in [4.78, 5) is 4.40. The zero-order chi connectivity index (χ0) is 14.9. The maximum atomic E-state index is 6.04. The number of hydrogen-bond acceptors (Lipinski definition) is 4. The predicted molar refractivity (Wildman–Crippen MR) is 81.3 cm³/mol. The number of ether oxygens (including phenoxy) is 2. The van der Waals surface area contributed by atoms with Crippen LogP contribution >= 0.6 is 0 Å². The molecule has 1 aromatic heterocycles. The van der Waals surface area contributed by atoms with Crippen LogP contribution in [0.1, 0.15) is 27.2 Å². The summed E-state index contributed by atoms with van der Waals surface area (Å²) in [6.07, 6.45) is 1.02. The molecule has 0 fully saturated rings. The Balaban J connectivity index is 2.47. The highest BCUT2D eigenvalue weighted by atomic mass is 16.5. The Morgan fingerprint density at radius 3 is 2.30 bits per heavy atom. The van der Waals surface area contributed by atoms with E-state index < -0.39 is 0 Å². The minimum Gasteiger partial charge on any atom is -0.493 e. The Hall–Kier alpha value is -1.91. The lowest BCUT2D eigenvalue weighted by Gasteiger charge is -2.19.